The Morgan fingerprint density at radius 3 is 2.50 bits per heavy atom. The first-order chi connectivity index (χ1) is 8.85. The summed E-state index contributed by atoms with van der Waals surface area (Å²) in [5.41, 5.74) is 6.35. The Labute approximate surface area is 109 Å². The number of rotatable bonds is 2. The van der Waals surface area contributed by atoms with E-state index in [1.807, 2.05) is 0 Å². The van der Waals surface area contributed by atoms with Crippen molar-refractivity contribution in [2.75, 3.05) is 0 Å². The Kier molecular flexibility index (Phi) is 2.95. The average Bonchev–Trinajstić information content (AvgIpc) is 2.45. The molecule has 0 fully saturated rings. The van der Waals surface area contributed by atoms with E-state index in [0.717, 1.165) is 6.42 Å². The van der Waals surface area contributed by atoms with Gasteiger partial charge in [0.1, 0.15) is 0 Å². The summed E-state index contributed by atoms with van der Waals surface area (Å²) in [6, 6.07) is 13.4. The normalized spacial score (nSPS) is 15.0. The standard InChI is InChI=1S/C18H20/c1-3-13-9-11-18-16-8-6-5-7-14(16)10-12-17(18)15(13)4-2/h5-8,10,12H,3-4,9,11H2,1-2H3. The first-order valence-corrected chi connectivity index (χ1v) is 7.07. The summed E-state index contributed by atoms with van der Waals surface area (Å²) < 4.78 is 0. The molecule has 2 aromatic carbocycles. The molecule has 0 heteroatoms. The Hall–Kier alpha value is -1.56. The van der Waals surface area contributed by atoms with Gasteiger partial charge in [0.25, 0.3) is 0 Å². The largest absolute Gasteiger partial charge is 0.0664 e. The summed E-state index contributed by atoms with van der Waals surface area (Å²) in [7, 11) is 0. The summed E-state index contributed by atoms with van der Waals surface area (Å²) in [5.74, 6) is 0. The predicted octanol–water partition coefficient (Wildman–Crippen LogP) is 5.36. The molecule has 0 nitrogen and oxygen atoms in total. The zero-order valence-electron chi connectivity index (χ0n) is 11.3. The van der Waals surface area contributed by atoms with Crippen LogP contribution in [0.5, 0.6) is 0 Å². The van der Waals surface area contributed by atoms with Crippen molar-refractivity contribution in [2.45, 2.75) is 39.5 Å². The minimum absolute atomic E-state index is 1.16. The van der Waals surface area contributed by atoms with Crippen LogP contribution in [0.1, 0.15) is 44.2 Å². The number of hydrogen-bond donors (Lipinski definition) is 0. The van der Waals surface area contributed by atoms with Gasteiger partial charge in [0.05, 0.1) is 0 Å². The molecule has 0 radical (unpaired) electrons. The Bertz CT molecular complexity index is 617. The number of benzene rings is 2. The van der Waals surface area contributed by atoms with E-state index in [1.54, 1.807) is 16.7 Å². The molecule has 92 valence electrons. The summed E-state index contributed by atoms with van der Waals surface area (Å²) in [6.45, 7) is 4.58. The molecule has 3 rings (SSSR count). The van der Waals surface area contributed by atoms with Gasteiger partial charge in [-0.15, -0.1) is 0 Å². The molecular weight excluding hydrogens is 216 g/mol. The van der Waals surface area contributed by atoms with Gasteiger partial charge in [0, 0.05) is 0 Å². The molecular formula is C18H20. The summed E-state index contributed by atoms with van der Waals surface area (Å²) in [5, 5.41) is 2.84. The average molecular weight is 236 g/mol. The lowest BCUT2D eigenvalue weighted by atomic mass is 9.81. The maximum absolute atomic E-state index is 2.34. The van der Waals surface area contributed by atoms with Crippen LogP contribution >= 0.6 is 0 Å². The van der Waals surface area contributed by atoms with Gasteiger partial charge in [-0.2, -0.15) is 0 Å². The lowest BCUT2D eigenvalue weighted by Crippen LogP contribution is -2.05. The highest BCUT2D eigenvalue weighted by Crippen LogP contribution is 2.38. The van der Waals surface area contributed by atoms with Crippen LogP contribution in [0.15, 0.2) is 42.0 Å². The summed E-state index contributed by atoms with van der Waals surface area (Å²) in [6.07, 6.45) is 4.83. The van der Waals surface area contributed by atoms with Crippen molar-refractivity contribution >= 4 is 16.3 Å². The number of hydrogen-bond acceptors (Lipinski definition) is 0. The number of fused-ring (bicyclic) bond motifs is 3. The van der Waals surface area contributed by atoms with Crippen LogP contribution in [-0.4, -0.2) is 0 Å². The molecule has 0 N–H and O–H groups in total. The third-order valence-electron chi connectivity index (χ3n) is 4.25. The van der Waals surface area contributed by atoms with Gasteiger partial charge in [-0.05, 0) is 53.2 Å². The van der Waals surface area contributed by atoms with E-state index in [-0.39, 0.29) is 0 Å². The Morgan fingerprint density at radius 2 is 1.72 bits per heavy atom. The van der Waals surface area contributed by atoms with Crippen molar-refractivity contribution in [1.29, 1.82) is 0 Å². The van der Waals surface area contributed by atoms with Crippen molar-refractivity contribution in [3.8, 4) is 0 Å². The fourth-order valence-electron chi connectivity index (χ4n) is 3.34. The molecule has 0 saturated carbocycles. The molecule has 18 heavy (non-hydrogen) atoms. The van der Waals surface area contributed by atoms with Gasteiger partial charge in [-0.1, -0.05) is 55.8 Å². The van der Waals surface area contributed by atoms with Gasteiger partial charge < -0.3 is 0 Å². The van der Waals surface area contributed by atoms with Crippen LogP contribution < -0.4 is 0 Å². The van der Waals surface area contributed by atoms with E-state index in [9.17, 15) is 0 Å². The molecule has 0 aliphatic heterocycles. The maximum Gasteiger partial charge on any atom is -0.0146 e. The second-order valence-corrected chi connectivity index (χ2v) is 5.10. The second-order valence-electron chi connectivity index (χ2n) is 5.10. The van der Waals surface area contributed by atoms with Crippen LogP contribution in [0.3, 0.4) is 0 Å². The van der Waals surface area contributed by atoms with E-state index >= 15 is 0 Å². The van der Waals surface area contributed by atoms with Gasteiger partial charge in [0.2, 0.25) is 0 Å². The van der Waals surface area contributed by atoms with Gasteiger partial charge >= 0.3 is 0 Å². The van der Waals surface area contributed by atoms with Crippen molar-refractivity contribution < 1.29 is 0 Å². The molecule has 0 spiro atoms. The van der Waals surface area contributed by atoms with Crippen molar-refractivity contribution in [2.24, 2.45) is 0 Å². The number of allylic oxidation sites excluding steroid dienone is 2. The Balaban J connectivity index is 2.29. The molecule has 0 unspecified atom stereocenters. The molecule has 0 aromatic heterocycles. The highest BCUT2D eigenvalue weighted by atomic mass is 14.2. The molecule has 0 atom stereocenters. The molecule has 2 aromatic rings. The highest BCUT2D eigenvalue weighted by molar-refractivity contribution is 5.91. The topological polar surface area (TPSA) is 0 Å². The zero-order chi connectivity index (χ0) is 12.5. The quantitative estimate of drug-likeness (QED) is 0.658. The molecule has 0 bridgehead atoms. The molecule has 0 amide bonds. The van der Waals surface area contributed by atoms with E-state index < -0.39 is 0 Å². The van der Waals surface area contributed by atoms with Crippen LogP contribution in [0.4, 0.5) is 0 Å². The summed E-state index contributed by atoms with van der Waals surface area (Å²) >= 11 is 0. The minimum Gasteiger partial charge on any atom is -0.0664 e. The molecule has 0 heterocycles. The van der Waals surface area contributed by atoms with E-state index in [2.05, 4.69) is 50.2 Å². The van der Waals surface area contributed by atoms with Gasteiger partial charge in [-0.3, -0.25) is 0 Å². The molecule has 0 saturated heterocycles. The third kappa shape index (κ3) is 1.68. The lowest BCUT2D eigenvalue weighted by molar-refractivity contribution is 0.861. The lowest BCUT2D eigenvalue weighted by Gasteiger charge is -2.24. The fraction of sp³-hybridized carbons (Fsp3) is 0.333. The summed E-state index contributed by atoms with van der Waals surface area (Å²) in [4.78, 5) is 0. The van der Waals surface area contributed by atoms with E-state index in [0.29, 0.717) is 0 Å². The first kappa shape index (κ1) is 11.5. The van der Waals surface area contributed by atoms with Crippen molar-refractivity contribution in [1.82, 2.24) is 0 Å². The smallest absolute Gasteiger partial charge is 0.0146 e. The van der Waals surface area contributed by atoms with Crippen molar-refractivity contribution in [3.63, 3.8) is 0 Å². The second kappa shape index (κ2) is 4.61. The monoisotopic (exact) mass is 236 g/mol. The zero-order valence-corrected chi connectivity index (χ0v) is 11.3. The molecule has 1 aliphatic carbocycles. The molecule has 1 aliphatic rings. The first-order valence-electron chi connectivity index (χ1n) is 7.07. The van der Waals surface area contributed by atoms with Gasteiger partial charge in [0.15, 0.2) is 0 Å². The van der Waals surface area contributed by atoms with E-state index in [4.69, 9.17) is 0 Å². The highest BCUT2D eigenvalue weighted by Gasteiger charge is 2.18. The van der Waals surface area contributed by atoms with Gasteiger partial charge in [-0.25, -0.2) is 0 Å². The van der Waals surface area contributed by atoms with Crippen LogP contribution in [0.2, 0.25) is 0 Å². The minimum atomic E-state index is 1.16. The van der Waals surface area contributed by atoms with Crippen LogP contribution in [0.25, 0.3) is 16.3 Å². The van der Waals surface area contributed by atoms with E-state index in [1.165, 1.54) is 35.6 Å². The maximum atomic E-state index is 2.34. The third-order valence-corrected chi connectivity index (χ3v) is 4.25. The Morgan fingerprint density at radius 1 is 0.889 bits per heavy atom. The van der Waals surface area contributed by atoms with Crippen LogP contribution in [0, 0.1) is 0 Å². The SMILES string of the molecule is CCC1=C(CC)c2ccc3ccccc3c2CC1. The van der Waals surface area contributed by atoms with Crippen molar-refractivity contribution in [3.05, 3.63) is 53.1 Å². The number of aryl methyl sites for hydroxylation is 1. The predicted molar refractivity (Wildman–Crippen MR) is 79.8 cm³/mol. The fourth-order valence-corrected chi connectivity index (χ4v) is 3.34. The van der Waals surface area contributed by atoms with Crippen LogP contribution in [-0.2, 0) is 6.42 Å².